The molecule has 7 nitrogen and oxygen atoms in total. The Labute approximate surface area is 157 Å². The van der Waals surface area contributed by atoms with Crippen LogP contribution >= 0.6 is 0 Å². The van der Waals surface area contributed by atoms with Crippen molar-refractivity contribution in [3.8, 4) is 23.4 Å². The zero-order valence-electron chi connectivity index (χ0n) is 15.8. The molecule has 7 heteroatoms. The second kappa shape index (κ2) is 8.41. The molecule has 1 aromatic carbocycles. The first-order valence-corrected chi connectivity index (χ1v) is 8.46. The quantitative estimate of drug-likeness (QED) is 0.752. The highest BCUT2D eigenvalue weighted by molar-refractivity contribution is 6.01. The maximum Gasteiger partial charge on any atom is 0.271 e. The number of carbonyl (C=O) groups is 1. The second-order valence-corrected chi connectivity index (χ2v) is 6.51. The molecule has 2 rings (SSSR count). The van der Waals surface area contributed by atoms with E-state index in [1.807, 2.05) is 19.9 Å². The lowest BCUT2D eigenvalue weighted by Crippen LogP contribution is -2.29. The van der Waals surface area contributed by atoms with Crippen molar-refractivity contribution < 1.29 is 19.4 Å². The van der Waals surface area contributed by atoms with Gasteiger partial charge in [0.1, 0.15) is 23.1 Å². The van der Waals surface area contributed by atoms with E-state index in [9.17, 15) is 20.0 Å². The number of aromatic nitrogens is 1. The van der Waals surface area contributed by atoms with Gasteiger partial charge in [0.2, 0.25) is 11.7 Å². The maximum atomic E-state index is 12.7. The number of ketones is 1. The Bertz CT molecular complexity index is 937. The molecule has 0 amide bonds. The van der Waals surface area contributed by atoms with Gasteiger partial charge in [0.05, 0.1) is 12.7 Å². The first-order valence-electron chi connectivity index (χ1n) is 8.46. The molecule has 1 heterocycles. The van der Waals surface area contributed by atoms with E-state index in [2.05, 4.69) is 0 Å². The number of aromatic hydroxyl groups is 1. The van der Waals surface area contributed by atoms with Gasteiger partial charge in [-0.2, -0.15) is 5.26 Å². The second-order valence-electron chi connectivity index (χ2n) is 6.51. The monoisotopic (exact) mass is 370 g/mol. The van der Waals surface area contributed by atoms with Gasteiger partial charge in [-0.05, 0) is 42.7 Å². The lowest BCUT2D eigenvalue weighted by molar-refractivity contribution is 0.0916. The normalized spacial score (nSPS) is 10.5. The van der Waals surface area contributed by atoms with Gasteiger partial charge in [-0.25, -0.2) is 0 Å². The van der Waals surface area contributed by atoms with Crippen LogP contribution in [0, 0.1) is 24.2 Å². The predicted molar refractivity (Wildman–Crippen MR) is 99.5 cm³/mol. The standard InChI is InChI=1S/C20H22N2O5/c1-12(2)10-22-19(24)16(9-21)13(3)18(20(22)25)17(23)11-27-15-7-5-14(26-4)6-8-15/h5-8,12,25H,10-11H2,1-4H3. The third-order valence-corrected chi connectivity index (χ3v) is 4.06. The molecule has 0 saturated carbocycles. The van der Waals surface area contributed by atoms with Gasteiger partial charge in [0.25, 0.3) is 5.56 Å². The van der Waals surface area contributed by atoms with Crippen LogP contribution in [0.25, 0.3) is 0 Å². The van der Waals surface area contributed by atoms with Gasteiger partial charge >= 0.3 is 0 Å². The Morgan fingerprint density at radius 1 is 1.26 bits per heavy atom. The van der Waals surface area contributed by atoms with Crippen molar-refractivity contribution in [3.05, 3.63) is 51.3 Å². The molecule has 1 aromatic heterocycles. The van der Waals surface area contributed by atoms with Crippen molar-refractivity contribution in [1.82, 2.24) is 4.57 Å². The summed E-state index contributed by atoms with van der Waals surface area (Å²) in [6.07, 6.45) is 0. The summed E-state index contributed by atoms with van der Waals surface area (Å²) in [6, 6.07) is 8.53. The number of hydrogen-bond donors (Lipinski definition) is 1. The highest BCUT2D eigenvalue weighted by Crippen LogP contribution is 2.24. The Hall–Kier alpha value is -3.27. The van der Waals surface area contributed by atoms with Gasteiger partial charge in [-0.3, -0.25) is 14.2 Å². The van der Waals surface area contributed by atoms with E-state index in [4.69, 9.17) is 9.47 Å². The van der Waals surface area contributed by atoms with Gasteiger partial charge in [-0.15, -0.1) is 0 Å². The minimum Gasteiger partial charge on any atom is -0.497 e. The smallest absolute Gasteiger partial charge is 0.271 e. The highest BCUT2D eigenvalue weighted by Gasteiger charge is 2.24. The van der Waals surface area contributed by atoms with Crippen LogP contribution in [0.2, 0.25) is 0 Å². The summed E-state index contributed by atoms with van der Waals surface area (Å²) in [5, 5.41) is 19.8. The Balaban J connectivity index is 2.36. The van der Waals surface area contributed by atoms with E-state index < -0.39 is 17.2 Å². The van der Waals surface area contributed by atoms with Crippen LogP contribution in [0.15, 0.2) is 29.1 Å². The lowest BCUT2D eigenvalue weighted by atomic mass is 10.0. The number of carbonyl (C=O) groups excluding carboxylic acids is 1. The SMILES string of the molecule is COc1ccc(OCC(=O)c2c(C)c(C#N)c(=O)n(CC(C)C)c2O)cc1. The van der Waals surface area contributed by atoms with Crippen LogP contribution in [0.5, 0.6) is 17.4 Å². The van der Waals surface area contributed by atoms with Crippen LogP contribution < -0.4 is 15.0 Å². The molecule has 0 spiro atoms. The lowest BCUT2D eigenvalue weighted by Gasteiger charge is -2.17. The van der Waals surface area contributed by atoms with Gasteiger partial charge in [0, 0.05) is 6.54 Å². The average Bonchev–Trinajstić information content (AvgIpc) is 2.64. The van der Waals surface area contributed by atoms with Crippen molar-refractivity contribution in [2.24, 2.45) is 5.92 Å². The van der Waals surface area contributed by atoms with Gasteiger partial charge < -0.3 is 14.6 Å². The number of methoxy groups -OCH3 is 1. The van der Waals surface area contributed by atoms with Crippen LogP contribution in [0.1, 0.15) is 35.3 Å². The predicted octanol–water partition coefficient (Wildman–Crippen LogP) is 2.66. The van der Waals surface area contributed by atoms with Crippen molar-refractivity contribution in [2.75, 3.05) is 13.7 Å². The molecule has 142 valence electrons. The van der Waals surface area contributed by atoms with Crippen molar-refractivity contribution in [2.45, 2.75) is 27.3 Å². The van der Waals surface area contributed by atoms with Crippen molar-refractivity contribution >= 4 is 5.78 Å². The topological polar surface area (TPSA) is 102 Å². The molecule has 1 N–H and O–H groups in total. The minimum absolute atomic E-state index is 0.0429. The fraction of sp³-hybridized carbons (Fsp3) is 0.350. The molecule has 0 aliphatic heterocycles. The number of Topliss-reactive ketones (excluding diaryl/α,β-unsaturated/α-hetero) is 1. The van der Waals surface area contributed by atoms with Crippen LogP contribution in [-0.2, 0) is 6.54 Å². The summed E-state index contributed by atoms with van der Waals surface area (Å²) < 4.78 is 11.6. The number of hydrogen-bond acceptors (Lipinski definition) is 6. The fourth-order valence-corrected chi connectivity index (χ4v) is 2.71. The largest absolute Gasteiger partial charge is 0.497 e. The Morgan fingerprint density at radius 3 is 2.37 bits per heavy atom. The summed E-state index contributed by atoms with van der Waals surface area (Å²) in [4.78, 5) is 25.1. The van der Waals surface area contributed by atoms with E-state index in [1.165, 1.54) is 6.92 Å². The molecule has 0 bridgehead atoms. The number of nitrogens with zero attached hydrogens (tertiary/aromatic N) is 2. The molecule has 0 fully saturated rings. The summed E-state index contributed by atoms with van der Waals surface area (Å²) in [6.45, 7) is 5.06. The van der Waals surface area contributed by atoms with Crippen LogP contribution in [0.3, 0.4) is 0 Å². The van der Waals surface area contributed by atoms with E-state index in [0.29, 0.717) is 11.5 Å². The molecule has 0 aliphatic carbocycles. The van der Waals surface area contributed by atoms with E-state index in [0.717, 1.165) is 4.57 Å². The number of ether oxygens (including phenoxy) is 2. The summed E-state index contributed by atoms with van der Waals surface area (Å²) in [5.41, 5.74) is -0.668. The third kappa shape index (κ3) is 4.29. The molecule has 0 atom stereocenters. The fourth-order valence-electron chi connectivity index (χ4n) is 2.71. The molecule has 0 unspecified atom stereocenters. The number of rotatable bonds is 7. The first kappa shape index (κ1) is 20.0. The zero-order valence-corrected chi connectivity index (χ0v) is 15.8. The highest BCUT2D eigenvalue weighted by atomic mass is 16.5. The molecular weight excluding hydrogens is 348 g/mol. The summed E-state index contributed by atoms with van der Waals surface area (Å²) in [5.74, 6) is 0.198. The van der Waals surface area contributed by atoms with E-state index in [-0.39, 0.29) is 35.8 Å². The molecule has 0 aliphatic rings. The van der Waals surface area contributed by atoms with Crippen molar-refractivity contribution in [3.63, 3.8) is 0 Å². The third-order valence-electron chi connectivity index (χ3n) is 4.06. The maximum absolute atomic E-state index is 12.7. The molecule has 0 saturated heterocycles. The zero-order chi connectivity index (χ0) is 20.1. The number of benzene rings is 1. The molecule has 27 heavy (non-hydrogen) atoms. The van der Waals surface area contributed by atoms with Crippen LogP contribution in [-0.4, -0.2) is 29.2 Å². The molecule has 0 radical (unpaired) electrons. The van der Waals surface area contributed by atoms with Gasteiger partial charge in [-0.1, -0.05) is 13.8 Å². The Kier molecular flexibility index (Phi) is 6.24. The van der Waals surface area contributed by atoms with Crippen molar-refractivity contribution in [1.29, 1.82) is 5.26 Å². The summed E-state index contributed by atoms with van der Waals surface area (Å²) in [7, 11) is 1.55. The van der Waals surface area contributed by atoms with E-state index >= 15 is 0 Å². The molecule has 2 aromatic rings. The average molecular weight is 370 g/mol. The number of nitriles is 1. The van der Waals surface area contributed by atoms with E-state index in [1.54, 1.807) is 31.4 Å². The minimum atomic E-state index is -0.603. The van der Waals surface area contributed by atoms with Crippen LogP contribution in [0.4, 0.5) is 0 Å². The summed E-state index contributed by atoms with van der Waals surface area (Å²) >= 11 is 0. The molecular formula is C20H22N2O5. The number of pyridine rings is 1. The Morgan fingerprint density at radius 2 is 1.85 bits per heavy atom. The van der Waals surface area contributed by atoms with Gasteiger partial charge in [0.15, 0.2) is 6.61 Å². The first-order chi connectivity index (χ1) is 12.8.